The quantitative estimate of drug-likeness (QED) is 0.584. The third kappa shape index (κ3) is 4.82. The molecular weight excluding hydrogens is 399 g/mol. The number of aryl methyl sites for hydroxylation is 1. The summed E-state index contributed by atoms with van der Waals surface area (Å²) in [7, 11) is 0. The molecule has 0 aliphatic carbocycles. The van der Waals surface area contributed by atoms with E-state index in [-0.39, 0.29) is 11.8 Å². The molecule has 6 heteroatoms. The van der Waals surface area contributed by atoms with Crippen molar-refractivity contribution in [3.63, 3.8) is 0 Å². The fourth-order valence-corrected chi connectivity index (χ4v) is 3.02. The number of hydrogen-bond acceptors (Lipinski definition) is 3. The van der Waals surface area contributed by atoms with E-state index >= 15 is 0 Å². The van der Waals surface area contributed by atoms with E-state index < -0.39 is 0 Å². The van der Waals surface area contributed by atoms with Gasteiger partial charge in [0.25, 0.3) is 11.8 Å². The van der Waals surface area contributed by atoms with E-state index in [1.165, 1.54) is 11.3 Å². The minimum atomic E-state index is -0.130. The molecule has 0 fully saturated rings. The number of halogens is 1. The molecule has 0 bridgehead atoms. The third-order valence-corrected chi connectivity index (χ3v) is 4.63. The molecule has 21 heavy (non-hydrogen) atoms. The molecule has 1 heterocycles. The molecule has 0 aliphatic heterocycles. The summed E-state index contributed by atoms with van der Waals surface area (Å²) >= 11 is 3.71. The lowest BCUT2D eigenvalue weighted by Gasteiger charge is -2.06. The van der Waals surface area contributed by atoms with Gasteiger partial charge in [0.2, 0.25) is 0 Å². The third-order valence-electron chi connectivity index (χ3n) is 2.84. The van der Waals surface area contributed by atoms with Gasteiger partial charge >= 0.3 is 0 Å². The summed E-state index contributed by atoms with van der Waals surface area (Å²) in [5, 5.41) is 7.38. The van der Waals surface area contributed by atoms with Crippen molar-refractivity contribution in [3.05, 3.63) is 55.3 Å². The highest BCUT2D eigenvalue weighted by Gasteiger charge is 2.08. The van der Waals surface area contributed by atoms with Crippen molar-refractivity contribution in [2.75, 3.05) is 13.1 Å². The van der Waals surface area contributed by atoms with Crippen LogP contribution in [0.1, 0.15) is 26.3 Å². The minimum absolute atomic E-state index is 0.112. The molecule has 4 nitrogen and oxygen atoms in total. The Balaban J connectivity index is 1.73. The van der Waals surface area contributed by atoms with Crippen molar-refractivity contribution in [3.8, 4) is 0 Å². The number of carbonyl (C=O) groups is 2. The average Bonchev–Trinajstić information content (AvgIpc) is 2.90. The molecule has 0 radical (unpaired) electrons. The van der Waals surface area contributed by atoms with Crippen LogP contribution < -0.4 is 10.6 Å². The fraction of sp³-hybridized carbons (Fsp3) is 0.200. The summed E-state index contributed by atoms with van der Waals surface area (Å²) < 4.78 is 1.07. The Kier molecular flexibility index (Phi) is 5.75. The molecule has 110 valence electrons. The maximum atomic E-state index is 11.9. The molecule has 0 saturated heterocycles. The van der Waals surface area contributed by atoms with Gasteiger partial charge in [-0.25, -0.2) is 0 Å². The van der Waals surface area contributed by atoms with Gasteiger partial charge in [-0.2, -0.15) is 0 Å². The van der Waals surface area contributed by atoms with Gasteiger partial charge in [-0.1, -0.05) is 17.7 Å². The second kappa shape index (κ2) is 7.56. The van der Waals surface area contributed by atoms with Crippen LogP contribution in [0.3, 0.4) is 0 Å². The van der Waals surface area contributed by atoms with Gasteiger partial charge in [0.1, 0.15) is 0 Å². The highest BCUT2D eigenvalue weighted by Crippen LogP contribution is 2.16. The van der Waals surface area contributed by atoms with Gasteiger partial charge < -0.3 is 10.6 Å². The Bertz CT molecular complexity index is 637. The van der Waals surface area contributed by atoms with Crippen molar-refractivity contribution in [1.29, 1.82) is 0 Å². The van der Waals surface area contributed by atoms with Crippen LogP contribution >= 0.6 is 33.9 Å². The number of nitrogens with one attached hydrogen (secondary N) is 2. The van der Waals surface area contributed by atoms with Crippen molar-refractivity contribution in [2.24, 2.45) is 0 Å². The van der Waals surface area contributed by atoms with E-state index in [1.54, 1.807) is 12.1 Å². The van der Waals surface area contributed by atoms with E-state index in [4.69, 9.17) is 0 Å². The van der Waals surface area contributed by atoms with Gasteiger partial charge in [-0.05, 0) is 47.7 Å². The second-order valence-electron chi connectivity index (χ2n) is 4.52. The second-order valence-corrected chi connectivity index (χ2v) is 7.32. The molecule has 0 atom stereocenters. The first-order valence-corrected chi connectivity index (χ1v) is 8.39. The van der Waals surface area contributed by atoms with Crippen LogP contribution in [0, 0.1) is 9.81 Å². The summed E-state index contributed by atoms with van der Waals surface area (Å²) in [6.07, 6.45) is 0. The first-order valence-electron chi connectivity index (χ1n) is 6.43. The monoisotopic (exact) mass is 414 g/mol. The summed E-state index contributed by atoms with van der Waals surface area (Å²) in [4.78, 5) is 23.6. The van der Waals surface area contributed by atoms with Crippen molar-refractivity contribution < 1.29 is 9.59 Å². The highest BCUT2D eigenvalue weighted by atomic mass is 127. The topological polar surface area (TPSA) is 58.2 Å². The molecule has 2 rings (SSSR count). The van der Waals surface area contributed by atoms with E-state index in [0.717, 1.165) is 8.45 Å². The Morgan fingerprint density at radius 3 is 2.14 bits per heavy atom. The van der Waals surface area contributed by atoms with Gasteiger partial charge in [-0.15, -0.1) is 11.3 Å². The van der Waals surface area contributed by atoms with E-state index in [2.05, 4.69) is 33.2 Å². The lowest BCUT2D eigenvalue weighted by molar-refractivity contribution is 0.0928. The lowest BCUT2D eigenvalue weighted by Crippen LogP contribution is -2.34. The smallest absolute Gasteiger partial charge is 0.252 e. The maximum absolute atomic E-state index is 11.9. The van der Waals surface area contributed by atoms with Gasteiger partial charge in [0.05, 0.1) is 8.45 Å². The normalized spacial score (nSPS) is 10.2. The van der Waals surface area contributed by atoms with Gasteiger partial charge in [0, 0.05) is 24.0 Å². The Labute approximate surface area is 141 Å². The molecule has 0 aliphatic rings. The maximum Gasteiger partial charge on any atom is 0.252 e. The van der Waals surface area contributed by atoms with E-state index in [9.17, 15) is 9.59 Å². The Morgan fingerprint density at radius 2 is 1.62 bits per heavy atom. The number of rotatable bonds is 5. The first-order chi connectivity index (χ1) is 10.1. The van der Waals surface area contributed by atoms with Crippen LogP contribution in [0.15, 0.2) is 35.7 Å². The van der Waals surface area contributed by atoms with Crippen molar-refractivity contribution in [1.82, 2.24) is 10.6 Å². The minimum Gasteiger partial charge on any atom is -0.350 e. The van der Waals surface area contributed by atoms with Crippen LogP contribution in [0.25, 0.3) is 0 Å². The van der Waals surface area contributed by atoms with Gasteiger partial charge in [-0.3, -0.25) is 9.59 Å². The van der Waals surface area contributed by atoms with Crippen LogP contribution in [0.4, 0.5) is 0 Å². The van der Waals surface area contributed by atoms with Crippen LogP contribution in [-0.2, 0) is 0 Å². The molecule has 0 unspecified atom stereocenters. The zero-order valence-electron chi connectivity index (χ0n) is 11.5. The zero-order chi connectivity index (χ0) is 15.2. The van der Waals surface area contributed by atoms with E-state index in [1.807, 2.05) is 30.5 Å². The van der Waals surface area contributed by atoms with Crippen molar-refractivity contribution >= 4 is 45.7 Å². The molecular formula is C15H15IN2O2S. The van der Waals surface area contributed by atoms with Crippen LogP contribution in [0.2, 0.25) is 0 Å². The Morgan fingerprint density at radius 1 is 1.05 bits per heavy atom. The number of thiophene rings is 1. The number of benzene rings is 1. The fourth-order valence-electron chi connectivity index (χ4n) is 1.69. The number of amides is 2. The van der Waals surface area contributed by atoms with Crippen LogP contribution in [-0.4, -0.2) is 24.9 Å². The average molecular weight is 414 g/mol. The van der Waals surface area contributed by atoms with Crippen molar-refractivity contribution in [2.45, 2.75) is 6.92 Å². The van der Waals surface area contributed by atoms with Crippen LogP contribution in [0.5, 0.6) is 0 Å². The van der Waals surface area contributed by atoms with E-state index in [0.29, 0.717) is 24.2 Å². The standard InChI is InChI=1S/C15H15IN2O2S/c1-10-2-4-11(5-3-10)14(19)17-6-7-18-15(20)12-8-13(16)21-9-12/h2-5,8-9H,6-7H2,1H3,(H,17,19)(H,18,20). The molecule has 0 spiro atoms. The summed E-state index contributed by atoms with van der Waals surface area (Å²) in [6, 6.07) is 9.21. The first kappa shape index (κ1) is 16.0. The Hall–Kier alpha value is -1.41. The summed E-state index contributed by atoms with van der Waals surface area (Å²) in [6.45, 7) is 2.78. The molecule has 2 amide bonds. The number of carbonyl (C=O) groups excluding carboxylic acids is 2. The molecule has 0 saturated carbocycles. The molecule has 1 aromatic heterocycles. The largest absolute Gasteiger partial charge is 0.350 e. The summed E-state index contributed by atoms with van der Waals surface area (Å²) in [5.41, 5.74) is 2.40. The highest BCUT2D eigenvalue weighted by molar-refractivity contribution is 14.1. The summed E-state index contributed by atoms with van der Waals surface area (Å²) in [5.74, 6) is -0.243. The number of hydrogen-bond donors (Lipinski definition) is 2. The molecule has 2 N–H and O–H groups in total. The zero-order valence-corrected chi connectivity index (χ0v) is 14.5. The molecule has 1 aromatic carbocycles. The predicted molar refractivity (Wildman–Crippen MR) is 92.9 cm³/mol. The lowest BCUT2D eigenvalue weighted by atomic mass is 10.1. The van der Waals surface area contributed by atoms with Gasteiger partial charge in [0.15, 0.2) is 0 Å². The molecule has 2 aromatic rings. The SMILES string of the molecule is Cc1ccc(C(=O)NCCNC(=O)c2csc(I)c2)cc1. The predicted octanol–water partition coefficient (Wildman–Crippen LogP) is 2.82.